The molecular weight excluding hydrogens is 1590 g/mol. The van der Waals surface area contributed by atoms with E-state index in [9.17, 15) is 0 Å². The first-order valence-electron chi connectivity index (χ1n) is 45.6. The van der Waals surface area contributed by atoms with E-state index in [2.05, 4.69) is 391 Å². The molecule has 642 valence electrons. The first-order valence-corrected chi connectivity index (χ1v) is 45.6. The van der Waals surface area contributed by atoms with Gasteiger partial charge < -0.3 is 17.7 Å². The highest BCUT2D eigenvalue weighted by Gasteiger charge is 2.31. The van der Waals surface area contributed by atoms with Gasteiger partial charge in [0.25, 0.3) is 0 Å². The highest BCUT2D eigenvalue weighted by atomic mass is 16.4. The van der Waals surface area contributed by atoms with Crippen LogP contribution in [-0.4, -0.2) is 19.9 Å². The van der Waals surface area contributed by atoms with E-state index in [0.29, 0.717) is 34.7 Å². The average molecular weight is 1700 g/mol. The number of hydrogen-bond acceptors (Lipinski definition) is 8. The number of hydrogen-bond donors (Lipinski definition) is 0. The average Bonchev–Trinajstić information content (AvgIpc) is 1.56. The minimum atomic E-state index is 0.502. The molecule has 9 aromatic carbocycles. The van der Waals surface area contributed by atoms with Gasteiger partial charge in [-0.3, -0.25) is 0 Å². The van der Waals surface area contributed by atoms with Crippen LogP contribution in [-0.2, 0) is 34.6 Å². The van der Waals surface area contributed by atoms with Gasteiger partial charge in [0.2, 0.25) is 45.6 Å². The Morgan fingerprint density at radius 2 is 0.708 bits per heavy atom. The normalized spacial score (nSPS) is 12.3. The molecule has 22 rings (SSSR count). The molecule has 0 bridgehead atoms. The minimum Gasteiger partial charge on any atom is -0.437 e. The molecule has 1 aliphatic rings. The van der Waals surface area contributed by atoms with Crippen LogP contribution in [0.25, 0.3) is 189 Å². The predicted molar refractivity (Wildman–Crippen MR) is 532 cm³/mol. The first-order chi connectivity index (χ1) is 62.9. The Morgan fingerprint density at radius 3 is 1.16 bits per heavy atom. The van der Waals surface area contributed by atoms with E-state index in [1.165, 1.54) is 131 Å². The van der Waals surface area contributed by atoms with Crippen molar-refractivity contribution >= 4 is 88.3 Å². The summed E-state index contributed by atoms with van der Waals surface area (Å²) < 4.78 is 34.3. The van der Waals surface area contributed by atoms with E-state index in [0.717, 1.165) is 140 Å². The molecule has 0 unspecified atom stereocenters. The fourth-order valence-electron chi connectivity index (χ4n) is 19.3. The second kappa shape index (κ2) is 35.2. The van der Waals surface area contributed by atoms with Crippen LogP contribution in [0.15, 0.2) is 303 Å². The summed E-state index contributed by atoms with van der Waals surface area (Å²) in [5, 5.41) is 8.66. The van der Waals surface area contributed by atoms with Gasteiger partial charge in [0.15, 0.2) is 47.1 Å². The summed E-state index contributed by atoms with van der Waals surface area (Å²) in [4.78, 5) is 18.6. The van der Waals surface area contributed by atoms with Gasteiger partial charge in [-0.15, -0.1) is 0 Å². The quantitative estimate of drug-likeness (QED) is 0.111. The molecule has 1 aliphatic carbocycles. The van der Waals surface area contributed by atoms with E-state index < -0.39 is 0 Å². The summed E-state index contributed by atoms with van der Waals surface area (Å²) in [6, 6.07) is 93.9. The van der Waals surface area contributed by atoms with Crippen LogP contribution in [0, 0.1) is 69.2 Å². The fourth-order valence-corrected chi connectivity index (χ4v) is 19.3. The molecule has 0 atom stereocenters. The summed E-state index contributed by atoms with van der Waals surface area (Å²) in [7, 11) is 8.44. The summed E-state index contributed by atoms with van der Waals surface area (Å²) >= 11 is 0. The van der Waals surface area contributed by atoms with Crippen LogP contribution in [0.5, 0.6) is 0 Å². The third kappa shape index (κ3) is 16.3. The number of benzene rings is 9. The summed E-state index contributed by atoms with van der Waals surface area (Å²) in [5.74, 6) is 1.20. The zero-order chi connectivity index (χ0) is 90.0. The number of rotatable bonds is 12. The van der Waals surface area contributed by atoms with Gasteiger partial charge in [-0.25, -0.2) is 33.6 Å². The number of pyridine rings is 8. The molecular formula is C118H110N8O4+4. The maximum absolute atomic E-state index is 6.55. The van der Waals surface area contributed by atoms with Gasteiger partial charge >= 0.3 is 0 Å². The molecule has 1 saturated carbocycles. The van der Waals surface area contributed by atoms with E-state index in [1.54, 1.807) is 0 Å². The molecule has 12 heterocycles. The lowest BCUT2D eigenvalue weighted by molar-refractivity contribution is -0.660. The number of aromatic nitrogens is 8. The number of fused-ring (bicyclic) bond motifs is 12. The van der Waals surface area contributed by atoms with Crippen molar-refractivity contribution in [2.24, 2.45) is 28.2 Å². The van der Waals surface area contributed by atoms with Gasteiger partial charge in [-0.1, -0.05) is 215 Å². The number of nitrogens with zero attached hydrogens (tertiary/aromatic N) is 8. The van der Waals surface area contributed by atoms with Gasteiger partial charge in [0.1, 0.15) is 28.2 Å². The molecule has 12 nitrogen and oxygen atoms in total. The Balaban J connectivity index is 0.000000114. The van der Waals surface area contributed by atoms with Gasteiger partial charge in [0, 0.05) is 102 Å². The van der Waals surface area contributed by atoms with Gasteiger partial charge in [0.05, 0.1) is 33.4 Å². The van der Waals surface area contributed by atoms with Gasteiger partial charge in [-0.05, 0) is 239 Å². The van der Waals surface area contributed by atoms with Crippen molar-refractivity contribution in [3.05, 3.63) is 358 Å². The highest BCUT2D eigenvalue weighted by molar-refractivity contribution is 6.13. The molecule has 12 heteroatoms. The molecule has 1 fully saturated rings. The first kappa shape index (κ1) is 84.8. The zero-order valence-corrected chi connectivity index (χ0v) is 77.5. The van der Waals surface area contributed by atoms with Crippen LogP contribution in [0.4, 0.5) is 0 Å². The Labute approximate surface area is 760 Å². The van der Waals surface area contributed by atoms with Crippen molar-refractivity contribution < 1.29 is 35.9 Å². The second-order valence-electron chi connectivity index (χ2n) is 36.1. The molecule has 0 spiro atoms. The Bertz CT molecular complexity index is 8010. The monoisotopic (exact) mass is 1700 g/mol. The van der Waals surface area contributed by atoms with Crippen molar-refractivity contribution in [1.29, 1.82) is 0 Å². The maximum atomic E-state index is 6.55. The van der Waals surface area contributed by atoms with Crippen molar-refractivity contribution in [2.75, 3.05) is 0 Å². The molecule has 0 amide bonds. The largest absolute Gasteiger partial charge is 0.437 e. The highest BCUT2D eigenvalue weighted by Crippen LogP contribution is 2.46. The molecule has 21 aromatic rings. The topological polar surface area (TPSA) is 120 Å². The lowest BCUT2D eigenvalue weighted by Crippen LogP contribution is -2.32. The SMILES string of the molecule is CCc1cccc(-c2cc(-c3ccc(C4CCCC4)cc3)c(-c3c(C)ccc4c3oc3nc(C)ccc34)[n+](C)c2)c1.Cc1ccc2c(n1)oc1c(-c3cc(-c4cccc(C(C)C)c4)cc[n+]3C)c(C)ccc12.Cc1cccc(-c2cc[n+](C)c(-c3c(C)ccc4c3oc3nc(C)ccc34)c2)c1.Cc1cccc(-c2ccc[n+](C)c2-c2c(C)ccc3c2oc2nc(C)ccc23)c1. The fraction of sp³-hybridized carbons (Fsp3) is 0.203. The maximum Gasteiger partial charge on any atom is 0.227 e. The summed E-state index contributed by atoms with van der Waals surface area (Å²) in [6.45, 7) is 27.5. The van der Waals surface area contributed by atoms with E-state index in [4.69, 9.17) is 22.7 Å². The van der Waals surface area contributed by atoms with Crippen molar-refractivity contribution in [3.8, 4) is 101 Å². The van der Waals surface area contributed by atoms with Crippen molar-refractivity contribution in [3.63, 3.8) is 0 Å². The number of aryl methyl sites for hydroxylation is 15. The Morgan fingerprint density at radius 1 is 0.315 bits per heavy atom. The molecule has 0 radical (unpaired) electrons. The Hall–Kier alpha value is -14.6. The van der Waals surface area contributed by atoms with E-state index in [-0.39, 0.29) is 0 Å². The van der Waals surface area contributed by atoms with Crippen LogP contribution in [0.2, 0.25) is 0 Å². The number of furan rings is 4. The third-order valence-corrected chi connectivity index (χ3v) is 26.4. The van der Waals surface area contributed by atoms with E-state index >= 15 is 0 Å². The zero-order valence-electron chi connectivity index (χ0n) is 77.5. The molecule has 0 saturated heterocycles. The van der Waals surface area contributed by atoms with Crippen molar-refractivity contribution in [1.82, 2.24) is 19.9 Å². The Kier molecular flexibility index (Phi) is 23.0. The smallest absolute Gasteiger partial charge is 0.227 e. The lowest BCUT2D eigenvalue weighted by atomic mass is 9.90. The molecule has 12 aromatic heterocycles. The van der Waals surface area contributed by atoms with Crippen LogP contribution in [0.3, 0.4) is 0 Å². The van der Waals surface area contributed by atoms with E-state index in [1.807, 2.05) is 45.9 Å². The predicted octanol–water partition coefficient (Wildman–Crippen LogP) is 28.7. The van der Waals surface area contributed by atoms with Crippen molar-refractivity contribution in [2.45, 2.75) is 134 Å². The van der Waals surface area contributed by atoms with Crippen LogP contribution < -0.4 is 18.3 Å². The summed E-state index contributed by atoms with van der Waals surface area (Å²) in [5.41, 5.74) is 42.9. The van der Waals surface area contributed by atoms with Gasteiger partial charge in [-0.2, -0.15) is 4.57 Å². The second-order valence-corrected chi connectivity index (χ2v) is 36.1. The van der Waals surface area contributed by atoms with Crippen LogP contribution in [0.1, 0.15) is 131 Å². The minimum absolute atomic E-state index is 0.502. The standard InChI is InChI=1S/C38H37N2O.C28H27N2O.2C26H23N2O/c1-5-26-9-8-12-30(21-26)31-22-34(29-17-15-28(16-18-29)27-10-6-7-11-27)36(40(4)23-31)35-24(2)13-19-32-33-20-14-25(3)39-38(33)41-37(32)35;1-17(2)20-7-6-8-21(15-20)22-13-14-30(5)25(16-22)26-18(3)9-11-23-24-12-10-19(4)29-28(24)31-27(23)26;1-16-7-5-8-19(15-16)20-9-6-14-28(4)24(20)23-17(2)10-12-21-22-13-11-18(3)27-26(22)29-25(21)23;1-16-6-5-7-19(14-16)20-12-13-28(4)23(15-20)24-17(2)8-10-21-22-11-9-18(3)27-26(22)29-25(21)24/h8-9,12-23,27H,5-7,10-11H2,1-4H3;6-17H,1-5H3;2*5-15H,1-4H3/q4*+1. The van der Waals surface area contributed by atoms with Crippen LogP contribution >= 0.6 is 0 Å². The molecule has 130 heavy (non-hydrogen) atoms. The molecule has 0 N–H and O–H groups in total. The third-order valence-electron chi connectivity index (χ3n) is 26.4. The molecule has 0 aliphatic heterocycles. The summed E-state index contributed by atoms with van der Waals surface area (Å²) in [6.07, 6.45) is 15.0. The lowest BCUT2D eigenvalue weighted by Gasteiger charge is -2.15.